The van der Waals surface area contributed by atoms with Crippen molar-refractivity contribution < 1.29 is 4.79 Å². The average Bonchev–Trinajstić information content (AvgIpc) is 2.90. The van der Waals surface area contributed by atoms with Crippen LogP contribution in [0.3, 0.4) is 0 Å². The highest BCUT2D eigenvalue weighted by Crippen LogP contribution is 2.35. The van der Waals surface area contributed by atoms with Crippen LogP contribution >= 0.6 is 11.3 Å². The molecule has 0 radical (unpaired) electrons. The van der Waals surface area contributed by atoms with Crippen LogP contribution in [-0.2, 0) is 0 Å². The summed E-state index contributed by atoms with van der Waals surface area (Å²) in [7, 11) is 0. The molecule has 4 nitrogen and oxygen atoms in total. The Balaban J connectivity index is 1.71. The summed E-state index contributed by atoms with van der Waals surface area (Å²) < 4.78 is 0. The van der Waals surface area contributed by atoms with Gasteiger partial charge in [0, 0.05) is 16.8 Å². The topological polar surface area (TPSA) is 68.0 Å². The fraction of sp³-hybridized carbons (Fsp3) is 0.368. The molecule has 2 heterocycles. The highest BCUT2D eigenvalue weighted by Gasteiger charge is 2.21. The zero-order valence-corrected chi connectivity index (χ0v) is 14.6. The van der Waals surface area contributed by atoms with E-state index in [-0.39, 0.29) is 11.9 Å². The minimum absolute atomic E-state index is 0.0531. The van der Waals surface area contributed by atoms with Crippen LogP contribution in [-0.4, -0.2) is 16.9 Å². The van der Waals surface area contributed by atoms with Gasteiger partial charge in [0.25, 0.3) is 5.91 Å². The van der Waals surface area contributed by atoms with Crippen molar-refractivity contribution in [1.82, 2.24) is 10.3 Å². The number of hydrogen-bond acceptors (Lipinski definition) is 4. The Morgan fingerprint density at radius 1 is 1.25 bits per heavy atom. The first kappa shape index (κ1) is 15.4. The van der Waals surface area contributed by atoms with Crippen LogP contribution in [0.5, 0.6) is 0 Å². The summed E-state index contributed by atoms with van der Waals surface area (Å²) in [6, 6.07) is 8.50. The van der Waals surface area contributed by atoms with E-state index in [1.54, 1.807) is 0 Å². The third kappa shape index (κ3) is 2.73. The molecule has 3 N–H and O–H groups in total. The molecule has 0 aliphatic heterocycles. The van der Waals surface area contributed by atoms with E-state index in [9.17, 15) is 4.79 Å². The van der Waals surface area contributed by atoms with Crippen molar-refractivity contribution in [1.29, 1.82) is 0 Å². The second-order valence-electron chi connectivity index (χ2n) is 6.69. The molecule has 124 valence electrons. The molecule has 1 amide bonds. The van der Waals surface area contributed by atoms with Crippen molar-refractivity contribution in [2.24, 2.45) is 0 Å². The minimum atomic E-state index is -0.0531. The van der Waals surface area contributed by atoms with Crippen molar-refractivity contribution in [3.05, 3.63) is 34.7 Å². The highest BCUT2D eigenvalue weighted by atomic mass is 32.1. The number of nitrogens with two attached hydrogens (primary N) is 1. The van der Waals surface area contributed by atoms with E-state index in [4.69, 9.17) is 10.7 Å². The smallest absolute Gasteiger partial charge is 0.263 e. The number of nitrogens with one attached hydrogen (secondary N) is 1. The molecular formula is C19H21N3OS. The molecule has 0 bridgehead atoms. The van der Waals surface area contributed by atoms with Crippen molar-refractivity contribution in [2.45, 2.75) is 45.1 Å². The second-order valence-corrected chi connectivity index (χ2v) is 7.69. The predicted molar refractivity (Wildman–Crippen MR) is 101 cm³/mol. The molecule has 5 heteroatoms. The SMILES string of the molecule is Cc1ccc2cc3c(N)c(C(=O)NC4CCCCC4)sc3nc2c1. The van der Waals surface area contributed by atoms with Gasteiger partial charge in [0.1, 0.15) is 9.71 Å². The number of pyridine rings is 1. The molecule has 3 aromatic rings. The number of nitrogen functional groups attached to an aromatic ring is 1. The molecular weight excluding hydrogens is 318 g/mol. The molecule has 1 aromatic carbocycles. The highest BCUT2D eigenvalue weighted by molar-refractivity contribution is 7.21. The molecule has 0 atom stereocenters. The third-order valence-electron chi connectivity index (χ3n) is 4.82. The fourth-order valence-electron chi connectivity index (χ4n) is 3.47. The normalized spacial score (nSPS) is 15.9. The van der Waals surface area contributed by atoms with Crippen LogP contribution in [0.1, 0.15) is 47.3 Å². The first-order valence-electron chi connectivity index (χ1n) is 8.52. The van der Waals surface area contributed by atoms with Crippen LogP contribution < -0.4 is 11.1 Å². The first-order chi connectivity index (χ1) is 11.6. The molecule has 4 rings (SSSR count). The predicted octanol–water partition coefficient (Wildman–Crippen LogP) is 4.40. The molecule has 0 saturated heterocycles. The van der Waals surface area contributed by atoms with Gasteiger partial charge in [-0.05, 0) is 37.5 Å². The number of rotatable bonds is 2. The Bertz CT molecular complexity index is 925. The van der Waals surface area contributed by atoms with Gasteiger partial charge in [-0.2, -0.15) is 0 Å². The number of benzene rings is 1. The molecule has 24 heavy (non-hydrogen) atoms. The van der Waals surface area contributed by atoms with Gasteiger partial charge in [0.2, 0.25) is 0 Å². The Morgan fingerprint density at radius 3 is 2.83 bits per heavy atom. The van der Waals surface area contributed by atoms with Crippen molar-refractivity contribution in [3.8, 4) is 0 Å². The lowest BCUT2D eigenvalue weighted by atomic mass is 9.95. The molecule has 1 aliphatic rings. The summed E-state index contributed by atoms with van der Waals surface area (Å²) in [5, 5.41) is 5.08. The lowest BCUT2D eigenvalue weighted by Crippen LogP contribution is -2.36. The summed E-state index contributed by atoms with van der Waals surface area (Å²) in [4.78, 5) is 18.8. The number of amides is 1. The molecule has 1 fully saturated rings. The van der Waals surface area contributed by atoms with Gasteiger partial charge in [-0.3, -0.25) is 4.79 Å². The van der Waals surface area contributed by atoms with Gasteiger partial charge in [0.15, 0.2) is 0 Å². The number of anilines is 1. The van der Waals surface area contributed by atoms with Crippen LogP contribution in [0.2, 0.25) is 0 Å². The zero-order chi connectivity index (χ0) is 16.7. The fourth-order valence-corrected chi connectivity index (χ4v) is 4.46. The van der Waals surface area contributed by atoms with E-state index in [0.29, 0.717) is 10.6 Å². The van der Waals surface area contributed by atoms with Gasteiger partial charge in [0.05, 0.1) is 11.2 Å². The maximum absolute atomic E-state index is 12.6. The zero-order valence-electron chi connectivity index (χ0n) is 13.8. The van der Waals surface area contributed by atoms with Crippen LogP contribution in [0.15, 0.2) is 24.3 Å². The largest absolute Gasteiger partial charge is 0.397 e. The Labute approximate surface area is 145 Å². The van der Waals surface area contributed by atoms with Crippen LogP contribution in [0.4, 0.5) is 5.69 Å². The molecule has 0 spiro atoms. The van der Waals surface area contributed by atoms with Gasteiger partial charge in [-0.15, -0.1) is 11.3 Å². The average molecular weight is 339 g/mol. The number of carbonyl (C=O) groups excluding carboxylic acids is 1. The lowest BCUT2D eigenvalue weighted by molar-refractivity contribution is 0.0932. The number of thiophene rings is 1. The molecule has 0 unspecified atom stereocenters. The standard InChI is InChI=1S/C19H21N3OS/c1-11-7-8-12-10-14-16(20)17(24-19(14)22-15(12)9-11)18(23)21-13-5-3-2-4-6-13/h7-10,13H,2-6,20H2,1H3,(H,21,23). The Kier molecular flexibility index (Phi) is 3.88. The second kappa shape index (κ2) is 6.06. The quantitative estimate of drug-likeness (QED) is 0.727. The van der Waals surface area contributed by atoms with Crippen molar-refractivity contribution in [2.75, 3.05) is 5.73 Å². The van der Waals surface area contributed by atoms with E-state index >= 15 is 0 Å². The van der Waals surface area contributed by atoms with Gasteiger partial charge < -0.3 is 11.1 Å². The van der Waals surface area contributed by atoms with Crippen molar-refractivity contribution in [3.63, 3.8) is 0 Å². The van der Waals surface area contributed by atoms with E-state index in [1.807, 2.05) is 6.07 Å². The Hall–Kier alpha value is -2.14. The summed E-state index contributed by atoms with van der Waals surface area (Å²) in [6.45, 7) is 2.05. The number of aryl methyl sites for hydroxylation is 1. The van der Waals surface area contributed by atoms with Gasteiger partial charge in [-0.25, -0.2) is 4.98 Å². The summed E-state index contributed by atoms with van der Waals surface area (Å²) in [6.07, 6.45) is 5.79. The summed E-state index contributed by atoms with van der Waals surface area (Å²) in [5.41, 5.74) is 8.95. The molecule has 1 aliphatic carbocycles. The maximum atomic E-state index is 12.6. The maximum Gasteiger partial charge on any atom is 0.263 e. The van der Waals surface area contributed by atoms with Gasteiger partial charge in [-0.1, -0.05) is 31.4 Å². The number of hydrogen-bond donors (Lipinski definition) is 2. The number of nitrogens with zero attached hydrogens (tertiary/aromatic N) is 1. The van der Waals surface area contributed by atoms with E-state index < -0.39 is 0 Å². The van der Waals surface area contributed by atoms with Gasteiger partial charge >= 0.3 is 0 Å². The monoisotopic (exact) mass is 339 g/mol. The third-order valence-corrected chi connectivity index (χ3v) is 5.93. The number of aromatic nitrogens is 1. The first-order valence-corrected chi connectivity index (χ1v) is 9.34. The summed E-state index contributed by atoms with van der Waals surface area (Å²) >= 11 is 1.39. The number of fused-ring (bicyclic) bond motifs is 2. The Morgan fingerprint density at radius 2 is 2.04 bits per heavy atom. The lowest BCUT2D eigenvalue weighted by Gasteiger charge is -2.22. The molecule has 2 aromatic heterocycles. The van der Waals surface area contributed by atoms with E-state index in [2.05, 4.69) is 30.4 Å². The van der Waals surface area contributed by atoms with Crippen molar-refractivity contribution >= 4 is 44.1 Å². The van der Waals surface area contributed by atoms with E-state index in [0.717, 1.165) is 34.0 Å². The summed E-state index contributed by atoms with van der Waals surface area (Å²) in [5.74, 6) is -0.0531. The van der Waals surface area contributed by atoms with Crippen LogP contribution in [0, 0.1) is 6.92 Å². The van der Waals surface area contributed by atoms with E-state index in [1.165, 1.54) is 36.2 Å². The number of carbonyl (C=O) groups is 1. The van der Waals surface area contributed by atoms with Crippen LogP contribution in [0.25, 0.3) is 21.1 Å². The molecule has 1 saturated carbocycles. The minimum Gasteiger partial charge on any atom is -0.397 e.